The average molecular weight is 473 g/mol. The quantitative estimate of drug-likeness (QED) is 0.275. The van der Waals surface area contributed by atoms with Crippen molar-refractivity contribution >= 4 is 51.7 Å². The number of unbranched alkanes of at least 4 members (excludes halogenated alkanes) is 2. The van der Waals surface area contributed by atoms with Gasteiger partial charge in [-0.2, -0.15) is 0 Å². The smallest absolute Gasteiger partial charge is 0.267 e. The van der Waals surface area contributed by atoms with Crippen molar-refractivity contribution in [3.63, 3.8) is 0 Å². The van der Waals surface area contributed by atoms with Gasteiger partial charge in [0.15, 0.2) is 0 Å². The molecule has 2 aromatic heterocycles. The second-order valence-corrected chi connectivity index (χ2v) is 9.79. The monoisotopic (exact) mass is 472 g/mol. The van der Waals surface area contributed by atoms with Crippen LogP contribution in [0.15, 0.2) is 28.0 Å². The summed E-state index contributed by atoms with van der Waals surface area (Å²) in [5.41, 5.74) is 1.87. The summed E-state index contributed by atoms with van der Waals surface area (Å²) in [5.74, 6) is 0.520. The van der Waals surface area contributed by atoms with E-state index in [1.165, 1.54) is 11.8 Å². The van der Waals surface area contributed by atoms with Crippen LogP contribution in [0.2, 0.25) is 0 Å². The van der Waals surface area contributed by atoms with Gasteiger partial charge < -0.3 is 4.90 Å². The third-order valence-electron chi connectivity index (χ3n) is 5.41. The molecule has 32 heavy (non-hydrogen) atoms. The number of aryl methyl sites for hydroxylation is 1. The molecule has 1 fully saturated rings. The van der Waals surface area contributed by atoms with Gasteiger partial charge in [0.05, 0.1) is 10.5 Å². The molecule has 0 bridgehead atoms. The van der Waals surface area contributed by atoms with Gasteiger partial charge in [0, 0.05) is 25.8 Å². The number of aromatic nitrogens is 2. The van der Waals surface area contributed by atoms with Crippen LogP contribution < -0.4 is 10.5 Å². The van der Waals surface area contributed by atoms with E-state index in [0.717, 1.165) is 50.8 Å². The summed E-state index contributed by atoms with van der Waals surface area (Å²) in [6.07, 6.45) is 8.43. The molecule has 0 aromatic carbocycles. The Morgan fingerprint density at radius 3 is 2.47 bits per heavy atom. The molecule has 0 unspecified atom stereocenters. The van der Waals surface area contributed by atoms with Gasteiger partial charge in [-0.1, -0.05) is 63.7 Å². The minimum Gasteiger partial charge on any atom is -0.356 e. The van der Waals surface area contributed by atoms with E-state index < -0.39 is 0 Å². The predicted octanol–water partition coefficient (Wildman–Crippen LogP) is 5.02. The number of thioether (sulfide) groups is 1. The van der Waals surface area contributed by atoms with Crippen LogP contribution in [0.3, 0.4) is 0 Å². The Morgan fingerprint density at radius 2 is 1.81 bits per heavy atom. The molecule has 2 aromatic rings. The fourth-order valence-corrected chi connectivity index (χ4v) is 5.11. The third-order valence-corrected chi connectivity index (χ3v) is 6.78. The molecule has 1 saturated heterocycles. The first-order valence-corrected chi connectivity index (χ1v) is 12.7. The summed E-state index contributed by atoms with van der Waals surface area (Å²) in [6, 6.07) is 3.82. The number of rotatable bonds is 10. The van der Waals surface area contributed by atoms with Crippen LogP contribution >= 0.6 is 24.0 Å². The Kier molecular flexibility index (Phi) is 8.48. The number of carbonyl (C=O) groups excluding carboxylic acids is 1. The van der Waals surface area contributed by atoms with Crippen molar-refractivity contribution in [1.82, 2.24) is 14.3 Å². The third kappa shape index (κ3) is 5.23. The number of amides is 1. The van der Waals surface area contributed by atoms with E-state index in [9.17, 15) is 9.59 Å². The van der Waals surface area contributed by atoms with Crippen molar-refractivity contribution < 1.29 is 4.79 Å². The lowest BCUT2D eigenvalue weighted by Crippen LogP contribution is -2.31. The molecule has 0 aliphatic carbocycles. The van der Waals surface area contributed by atoms with Crippen LogP contribution in [-0.2, 0) is 4.79 Å². The molecule has 0 N–H and O–H groups in total. The second-order valence-electron chi connectivity index (χ2n) is 8.12. The highest BCUT2D eigenvalue weighted by Crippen LogP contribution is 2.33. The normalized spacial score (nSPS) is 15.4. The van der Waals surface area contributed by atoms with Crippen molar-refractivity contribution in [2.45, 2.75) is 59.8 Å². The summed E-state index contributed by atoms with van der Waals surface area (Å²) >= 11 is 6.75. The standard InChI is InChI=1S/C24H32N4O2S2/c1-5-8-9-14-27-23(30)19(32-24(27)31)15-18-21(26(12-6-2)13-7-3)25-20-11-10-17(4)16-28(20)22(18)29/h10-11,15-16H,5-9,12-14H2,1-4H3. The first-order chi connectivity index (χ1) is 15.4. The Labute approximate surface area is 199 Å². The largest absolute Gasteiger partial charge is 0.356 e. The molecule has 8 heteroatoms. The van der Waals surface area contributed by atoms with Gasteiger partial charge in [0.2, 0.25) is 0 Å². The molecule has 6 nitrogen and oxygen atoms in total. The first kappa shape index (κ1) is 24.5. The maximum Gasteiger partial charge on any atom is 0.267 e. The molecule has 0 spiro atoms. The molecule has 3 heterocycles. The van der Waals surface area contributed by atoms with Crippen LogP contribution in [0.25, 0.3) is 11.7 Å². The molecular weight excluding hydrogens is 440 g/mol. The molecule has 0 radical (unpaired) electrons. The lowest BCUT2D eigenvalue weighted by molar-refractivity contribution is -0.122. The molecule has 3 rings (SSSR count). The van der Waals surface area contributed by atoms with E-state index in [4.69, 9.17) is 17.2 Å². The van der Waals surface area contributed by atoms with E-state index in [1.807, 2.05) is 19.1 Å². The molecule has 172 valence electrons. The average Bonchev–Trinajstić information content (AvgIpc) is 3.03. The molecular formula is C24H32N4O2S2. The summed E-state index contributed by atoms with van der Waals surface area (Å²) < 4.78 is 2.13. The number of hydrogen-bond acceptors (Lipinski definition) is 6. The number of carbonyl (C=O) groups is 1. The summed E-state index contributed by atoms with van der Waals surface area (Å²) in [6.45, 7) is 10.5. The zero-order valence-electron chi connectivity index (χ0n) is 19.4. The van der Waals surface area contributed by atoms with Gasteiger partial charge in [-0.3, -0.25) is 18.9 Å². The number of anilines is 1. The van der Waals surface area contributed by atoms with Crippen LogP contribution in [0.4, 0.5) is 5.82 Å². The topological polar surface area (TPSA) is 57.9 Å². The minimum atomic E-state index is -0.165. The zero-order chi connectivity index (χ0) is 23.3. The number of nitrogens with zero attached hydrogens (tertiary/aromatic N) is 4. The Morgan fingerprint density at radius 1 is 1.09 bits per heavy atom. The highest BCUT2D eigenvalue weighted by molar-refractivity contribution is 8.26. The summed E-state index contributed by atoms with van der Waals surface area (Å²) in [5, 5.41) is 0. The van der Waals surface area contributed by atoms with Gasteiger partial charge in [0.1, 0.15) is 15.8 Å². The van der Waals surface area contributed by atoms with Crippen molar-refractivity contribution in [3.05, 3.63) is 44.7 Å². The molecule has 1 amide bonds. The van der Waals surface area contributed by atoms with Crippen LogP contribution in [0.1, 0.15) is 64.0 Å². The zero-order valence-corrected chi connectivity index (χ0v) is 21.0. The van der Waals surface area contributed by atoms with E-state index in [1.54, 1.807) is 21.6 Å². The van der Waals surface area contributed by atoms with Crippen molar-refractivity contribution in [2.24, 2.45) is 0 Å². The first-order valence-electron chi connectivity index (χ1n) is 11.4. The van der Waals surface area contributed by atoms with Gasteiger partial charge in [-0.25, -0.2) is 4.98 Å². The highest BCUT2D eigenvalue weighted by atomic mass is 32.2. The molecule has 0 saturated carbocycles. The number of pyridine rings is 1. The highest BCUT2D eigenvalue weighted by Gasteiger charge is 2.32. The van der Waals surface area contributed by atoms with Gasteiger partial charge in [-0.15, -0.1) is 0 Å². The maximum atomic E-state index is 13.6. The van der Waals surface area contributed by atoms with E-state index >= 15 is 0 Å². The van der Waals surface area contributed by atoms with Gasteiger partial charge in [0.25, 0.3) is 11.5 Å². The van der Waals surface area contributed by atoms with Crippen molar-refractivity contribution in [3.8, 4) is 0 Å². The van der Waals surface area contributed by atoms with Crippen molar-refractivity contribution in [2.75, 3.05) is 24.5 Å². The Balaban J connectivity index is 2.12. The molecule has 1 aliphatic heterocycles. The Bertz CT molecular complexity index is 1090. The lowest BCUT2D eigenvalue weighted by Gasteiger charge is -2.24. The van der Waals surface area contributed by atoms with Crippen LogP contribution in [0.5, 0.6) is 0 Å². The lowest BCUT2D eigenvalue weighted by atomic mass is 10.2. The van der Waals surface area contributed by atoms with E-state index in [2.05, 4.69) is 25.7 Å². The SMILES string of the molecule is CCCCCN1C(=O)C(=Cc2c(N(CCC)CCC)nc3ccc(C)cn3c2=O)SC1=S. The van der Waals surface area contributed by atoms with Gasteiger partial charge >= 0.3 is 0 Å². The predicted molar refractivity (Wildman–Crippen MR) is 138 cm³/mol. The van der Waals surface area contributed by atoms with Crippen molar-refractivity contribution in [1.29, 1.82) is 0 Å². The minimum absolute atomic E-state index is 0.117. The number of fused-ring (bicyclic) bond motifs is 1. The fraction of sp³-hybridized carbons (Fsp3) is 0.500. The maximum absolute atomic E-state index is 13.6. The second kappa shape index (κ2) is 11.1. The van der Waals surface area contributed by atoms with E-state index in [0.29, 0.717) is 32.8 Å². The molecule has 0 atom stereocenters. The summed E-state index contributed by atoms with van der Waals surface area (Å²) in [4.78, 5) is 35.8. The van der Waals surface area contributed by atoms with Crippen LogP contribution in [-0.4, -0.2) is 44.1 Å². The molecule has 1 aliphatic rings. The van der Waals surface area contributed by atoms with Crippen LogP contribution in [0, 0.1) is 6.92 Å². The van der Waals surface area contributed by atoms with E-state index in [-0.39, 0.29) is 11.5 Å². The van der Waals surface area contributed by atoms with Gasteiger partial charge in [-0.05, 0) is 43.9 Å². The Hall–Kier alpha value is -2.19. The fourth-order valence-electron chi connectivity index (χ4n) is 3.82. The number of thiocarbonyl (C=S) groups is 1. The summed E-state index contributed by atoms with van der Waals surface area (Å²) in [7, 11) is 0. The number of hydrogen-bond donors (Lipinski definition) is 0.